The summed E-state index contributed by atoms with van der Waals surface area (Å²) in [6, 6.07) is 1.56. The lowest BCUT2D eigenvalue weighted by Crippen LogP contribution is -2.48. The third-order valence-electron chi connectivity index (χ3n) is 4.87. The molecule has 25 heavy (non-hydrogen) atoms. The van der Waals surface area contributed by atoms with E-state index < -0.39 is 6.04 Å². The maximum absolute atomic E-state index is 12.8. The average Bonchev–Trinajstić information content (AvgIpc) is 3.32. The van der Waals surface area contributed by atoms with E-state index in [2.05, 4.69) is 20.4 Å². The first-order valence-corrected chi connectivity index (χ1v) is 8.60. The Balaban J connectivity index is 1.55. The van der Waals surface area contributed by atoms with Crippen LogP contribution in [0.25, 0.3) is 0 Å². The van der Waals surface area contributed by atoms with E-state index in [0.29, 0.717) is 6.54 Å². The van der Waals surface area contributed by atoms with E-state index in [1.54, 1.807) is 15.8 Å². The first-order valence-electron chi connectivity index (χ1n) is 8.60. The molecule has 1 atom stereocenters. The molecule has 3 heterocycles. The molecule has 1 aliphatic heterocycles. The van der Waals surface area contributed by atoms with Gasteiger partial charge >= 0.3 is 0 Å². The molecule has 0 unspecified atom stereocenters. The zero-order chi connectivity index (χ0) is 17.2. The number of nitrogens with one attached hydrogen (secondary N) is 1. The number of fused-ring (bicyclic) bond motifs is 1. The second-order valence-corrected chi connectivity index (χ2v) is 6.55. The number of nitrogens with zero attached hydrogens (tertiary/aromatic N) is 5. The fourth-order valence-electron chi connectivity index (χ4n) is 3.58. The van der Waals surface area contributed by atoms with Crippen molar-refractivity contribution in [2.45, 2.75) is 44.3 Å². The molecule has 0 aromatic carbocycles. The third-order valence-corrected chi connectivity index (χ3v) is 4.87. The van der Waals surface area contributed by atoms with E-state index in [4.69, 9.17) is 0 Å². The average molecular weight is 340 g/mol. The maximum atomic E-state index is 12.8. The highest BCUT2D eigenvalue weighted by Crippen LogP contribution is 2.23. The number of aromatic nitrogens is 4. The predicted octanol–water partition coefficient (Wildman–Crippen LogP) is 0.929. The van der Waals surface area contributed by atoms with Crippen molar-refractivity contribution >= 4 is 11.8 Å². The Kier molecular flexibility index (Phi) is 4.17. The van der Waals surface area contributed by atoms with E-state index in [0.717, 1.165) is 31.4 Å². The summed E-state index contributed by atoms with van der Waals surface area (Å²) in [4.78, 5) is 35.2. The van der Waals surface area contributed by atoms with Crippen LogP contribution in [0.3, 0.4) is 0 Å². The summed E-state index contributed by atoms with van der Waals surface area (Å²) in [7, 11) is 0. The molecule has 2 aliphatic rings. The van der Waals surface area contributed by atoms with Crippen molar-refractivity contribution in [1.82, 2.24) is 30.0 Å². The Morgan fingerprint density at radius 2 is 2.00 bits per heavy atom. The normalized spacial score (nSPS) is 20.3. The van der Waals surface area contributed by atoms with E-state index in [1.165, 1.54) is 18.6 Å². The van der Waals surface area contributed by atoms with Gasteiger partial charge in [-0.25, -0.2) is 4.98 Å². The van der Waals surface area contributed by atoms with Crippen LogP contribution in [0.15, 0.2) is 30.9 Å². The zero-order valence-electron chi connectivity index (χ0n) is 13.8. The Hall–Kier alpha value is -2.77. The van der Waals surface area contributed by atoms with Crippen LogP contribution in [0.1, 0.15) is 47.9 Å². The van der Waals surface area contributed by atoms with Crippen LogP contribution < -0.4 is 5.32 Å². The molecule has 0 saturated heterocycles. The molecule has 4 rings (SSSR count). The van der Waals surface area contributed by atoms with Crippen molar-refractivity contribution in [2.75, 3.05) is 6.54 Å². The van der Waals surface area contributed by atoms with E-state index in [1.807, 2.05) is 6.07 Å². The standard InChI is InChI=1S/C17H20N6O2/c24-16(21-12-3-1-2-4-12)15-11-22(10-13-5-6-20-23(13)15)17(25)14-9-18-7-8-19-14/h5-9,12,15H,1-4,10-11H2,(H,21,24)/t15-/m1/s1. The van der Waals surface area contributed by atoms with Crippen LogP contribution in [0, 0.1) is 0 Å². The molecule has 0 bridgehead atoms. The lowest BCUT2D eigenvalue weighted by Gasteiger charge is -2.33. The van der Waals surface area contributed by atoms with Crippen molar-refractivity contribution in [3.63, 3.8) is 0 Å². The molecule has 8 heteroatoms. The quantitative estimate of drug-likeness (QED) is 0.897. The molecule has 2 aromatic heterocycles. The fourth-order valence-corrected chi connectivity index (χ4v) is 3.58. The molecular formula is C17H20N6O2. The van der Waals surface area contributed by atoms with E-state index in [-0.39, 0.29) is 30.1 Å². The van der Waals surface area contributed by atoms with Gasteiger partial charge in [0.15, 0.2) is 0 Å². The summed E-state index contributed by atoms with van der Waals surface area (Å²) in [6.45, 7) is 0.686. The number of hydrogen-bond donors (Lipinski definition) is 1. The Morgan fingerprint density at radius 3 is 2.76 bits per heavy atom. The molecule has 0 radical (unpaired) electrons. The highest BCUT2D eigenvalue weighted by atomic mass is 16.2. The van der Waals surface area contributed by atoms with Gasteiger partial charge in [0.2, 0.25) is 5.91 Å². The van der Waals surface area contributed by atoms with Crippen molar-refractivity contribution in [1.29, 1.82) is 0 Å². The molecule has 1 aliphatic carbocycles. The van der Waals surface area contributed by atoms with E-state index >= 15 is 0 Å². The zero-order valence-corrected chi connectivity index (χ0v) is 13.8. The maximum Gasteiger partial charge on any atom is 0.274 e. The Morgan fingerprint density at radius 1 is 1.16 bits per heavy atom. The number of carbonyl (C=O) groups excluding carboxylic acids is 2. The second-order valence-electron chi connectivity index (χ2n) is 6.55. The molecular weight excluding hydrogens is 320 g/mol. The van der Waals surface area contributed by atoms with Crippen molar-refractivity contribution in [2.24, 2.45) is 0 Å². The highest BCUT2D eigenvalue weighted by molar-refractivity contribution is 5.92. The van der Waals surface area contributed by atoms with E-state index in [9.17, 15) is 9.59 Å². The van der Waals surface area contributed by atoms with Crippen LogP contribution in [-0.2, 0) is 11.3 Å². The molecule has 1 saturated carbocycles. The van der Waals surface area contributed by atoms with Crippen LogP contribution in [0.2, 0.25) is 0 Å². The first-order chi connectivity index (χ1) is 12.2. The molecule has 1 fully saturated rings. The van der Waals surface area contributed by atoms with Gasteiger partial charge in [-0.3, -0.25) is 19.3 Å². The summed E-state index contributed by atoms with van der Waals surface area (Å²) in [6.07, 6.45) is 10.5. The van der Waals surface area contributed by atoms with Gasteiger partial charge in [0.25, 0.3) is 5.91 Å². The summed E-state index contributed by atoms with van der Waals surface area (Å²) in [5.74, 6) is -0.298. The predicted molar refractivity (Wildman–Crippen MR) is 88.4 cm³/mol. The molecule has 2 amide bonds. The minimum atomic E-state index is -0.514. The molecule has 0 spiro atoms. The number of carbonyl (C=O) groups is 2. The Labute approximate surface area is 145 Å². The van der Waals surface area contributed by atoms with Gasteiger partial charge in [0.1, 0.15) is 11.7 Å². The van der Waals surface area contributed by atoms with Crippen LogP contribution >= 0.6 is 0 Å². The van der Waals surface area contributed by atoms with Gasteiger partial charge < -0.3 is 10.2 Å². The fraction of sp³-hybridized carbons (Fsp3) is 0.471. The summed E-state index contributed by atoms with van der Waals surface area (Å²) in [5.41, 5.74) is 1.13. The van der Waals surface area contributed by atoms with Crippen LogP contribution in [0.4, 0.5) is 0 Å². The van der Waals surface area contributed by atoms with Gasteiger partial charge in [0.05, 0.1) is 25.0 Å². The van der Waals surface area contributed by atoms with Crippen molar-refractivity contribution in [3.05, 3.63) is 42.2 Å². The van der Waals surface area contributed by atoms with Gasteiger partial charge in [-0.1, -0.05) is 12.8 Å². The molecule has 1 N–H and O–H groups in total. The second kappa shape index (κ2) is 6.62. The summed E-state index contributed by atoms with van der Waals surface area (Å²) in [5, 5.41) is 7.40. The van der Waals surface area contributed by atoms with Gasteiger partial charge in [-0.15, -0.1) is 0 Å². The van der Waals surface area contributed by atoms with Crippen LogP contribution in [0.5, 0.6) is 0 Å². The number of amides is 2. The van der Waals surface area contributed by atoms with Crippen molar-refractivity contribution in [3.8, 4) is 0 Å². The molecule has 130 valence electrons. The SMILES string of the molecule is O=C(NC1CCCC1)[C@H]1CN(C(=O)c2cnccn2)Cc2ccnn21. The largest absolute Gasteiger partial charge is 0.351 e. The lowest BCUT2D eigenvalue weighted by atomic mass is 10.1. The minimum Gasteiger partial charge on any atom is -0.351 e. The first kappa shape index (κ1) is 15.7. The van der Waals surface area contributed by atoms with Gasteiger partial charge in [0, 0.05) is 24.6 Å². The van der Waals surface area contributed by atoms with Gasteiger partial charge in [-0.2, -0.15) is 5.10 Å². The Bertz CT molecular complexity index is 768. The smallest absolute Gasteiger partial charge is 0.274 e. The summed E-state index contributed by atoms with van der Waals surface area (Å²) < 4.78 is 1.73. The molecule has 8 nitrogen and oxygen atoms in total. The highest BCUT2D eigenvalue weighted by Gasteiger charge is 2.34. The third kappa shape index (κ3) is 3.11. The minimum absolute atomic E-state index is 0.0755. The number of hydrogen-bond acceptors (Lipinski definition) is 5. The molecule has 2 aromatic rings. The monoisotopic (exact) mass is 340 g/mol. The van der Waals surface area contributed by atoms with Gasteiger partial charge in [-0.05, 0) is 18.9 Å². The lowest BCUT2D eigenvalue weighted by molar-refractivity contribution is -0.126. The summed E-state index contributed by atoms with van der Waals surface area (Å²) >= 11 is 0. The topological polar surface area (TPSA) is 93.0 Å². The van der Waals surface area contributed by atoms with Crippen molar-refractivity contribution < 1.29 is 9.59 Å². The van der Waals surface area contributed by atoms with Crippen LogP contribution in [-0.4, -0.2) is 49.0 Å². The number of rotatable bonds is 3.